The predicted octanol–water partition coefficient (Wildman–Crippen LogP) is 17.9. The van der Waals surface area contributed by atoms with E-state index in [1.165, 1.54) is 167 Å². The van der Waals surface area contributed by atoms with Crippen molar-refractivity contribution in [2.75, 3.05) is 0 Å². The molecular weight excluding hydrogens is 681 g/mol. The Morgan fingerprint density at radius 3 is 0.875 bits per heavy atom. The normalized spacial score (nSPS) is 14.3. The summed E-state index contributed by atoms with van der Waals surface area (Å²) >= 11 is 0. The van der Waals surface area contributed by atoms with E-state index in [0.717, 1.165) is 70.6 Å². The lowest BCUT2D eigenvalue weighted by Gasteiger charge is -2.34. The first kappa shape index (κ1) is 54.4. The van der Waals surface area contributed by atoms with Crippen molar-refractivity contribution in [2.24, 2.45) is 0 Å². The summed E-state index contributed by atoms with van der Waals surface area (Å²) in [5.74, 6) is 0. The second kappa shape index (κ2) is 46.1. The molecule has 0 aliphatic carbocycles. The number of allylic oxidation sites excluding steroid dienone is 12. The number of aliphatic hydroxyl groups is 2. The Labute approximate surface area is 352 Å². The van der Waals surface area contributed by atoms with Gasteiger partial charge in [-0.25, -0.2) is 0 Å². The molecule has 2 atom stereocenters. The standard InChI is InChI=1S/C54H98O2/c1-4-7-10-13-16-19-22-25-28-31-34-37-40-43-46-49-52-54(56,51-48-45-42-39-36-33-30-27-24-21-18-15-12-9-6-3)53(55)50-47-44-41-38-35-32-29-26-23-20-17-14-11-8-5-2/h16-21,25-30,53,55-56H,4-15,22-24,31-52H2,1-3H3/b19-16-,20-17-,21-18-,28-25-,29-26-,30-27-. The minimum Gasteiger partial charge on any atom is -0.390 e. The Bertz CT molecular complexity index is 938. The fraction of sp³-hybridized carbons (Fsp3) is 0.778. The molecule has 2 N–H and O–H groups in total. The molecule has 0 aliphatic rings. The van der Waals surface area contributed by atoms with Gasteiger partial charge >= 0.3 is 0 Å². The van der Waals surface area contributed by atoms with Crippen molar-refractivity contribution in [1.29, 1.82) is 0 Å². The molecule has 0 aromatic heterocycles. The van der Waals surface area contributed by atoms with E-state index >= 15 is 0 Å². The summed E-state index contributed by atoms with van der Waals surface area (Å²) in [5, 5.41) is 23.1. The molecule has 0 saturated carbocycles. The van der Waals surface area contributed by atoms with Crippen molar-refractivity contribution in [1.82, 2.24) is 0 Å². The van der Waals surface area contributed by atoms with Crippen LogP contribution in [0.25, 0.3) is 0 Å². The van der Waals surface area contributed by atoms with Gasteiger partial charge in [-0.2, -0.15) is 0 Å². The van der Waals surface area contributed by atoms with Crippen LogP contribution in [0.3, 0.4) is 0 Å². The van der Waals surface area contributed by atoms with Crippen molar-refractivity contribution < 1.29 is 10.2 Å². The SMILES string of the molecule is CCCCC/C=C\C/C=C\CCCCCCCCC(O)(CCCCCCC/C=C\C/C=C\CCCCC)C(O)CCCCCCC/C=C\C/C=C\CCCCC. The summed E-state index contributed by atoms with van der Waals surface area (Å²) in [5.41, 5.74) is -0.919. The van der Waals surface area contributed by atoms with E-state index in [1.54, 1.807) is 0 Å². The number of unbranched alkanes of at least 4 members (excludes halogenated alkanes) is 25. The van der Waals surface area contributed by atoms with Crippen molar-refractivity contribution in [2.45, 2.75) is 270 Å². The first-order valence-corrected chi connectivity index (χ1v) is 24.9. The van der Waals surface area contributed by atoms with Crippen LogP contribution in [0.15, 0.2) is 72.9 Å². The van der Waals surface area contributed by atoms with E-state index < -0.39 is 11.7 Å². The Morgan fingerprint density at radius 2 is 0.571 bits per heavy atom. The Hall–Kier alpha value is -1.64. The smallest absolute Gasteiger partial charge is 0.0905 e. The van der Waals surface area contributed by atoms with Crippen LogP contribution in [-0.4, -0.2) is 21.9 Å². The van der Waals surface area contributed by atoms with Crippen molar-refractivity contribution in [3.8, 4) is 0 Å². The van der Waals surface area contributed by atoms with E-state index in [2.05, 4.69) is 93.7 Å². The van der Waals surface area contributed by atoms with Gasteiger partial charge in [0.2, 0.25) is 0 Å². The molecule has 326 valence electrons. The molecule has 0 aromatic rings. The highest BCUT2D eigenvalue weighted by Crippen LogP contribution is 2.30. The van der Waals surface area contributed by atoms with Crippen LogP contribution in [0.2, 0.25) is 0 Å². The van der Waals surface area contributed by atoms with Gasteiger partial charge in [-0.05, 0) is 116 Å². The van der Waals surface area contributed by atoms with Crippen molar-refractivity contribution in [3.05, 3.63) is 72.9 Å². The molecular formula is C54H98O2. The summed E-state index contributed by atoms with van der Waals surface area (Å²) in [4.78, 5) is 0. The van der Waals surface area contributed by atoms with E-state index in [0.29, 0.717) is 0 Å². The monoisotopic (exact) mass is 779 g/mol. The molecule has 2 heteroatoms. The number of hydrogen-bond donors (Lipinski definition) is 2. The molecule has 0 amide bonds. The largest absolute Gasteiger partial charge is 0.390 e. The van der Waals surface area contributed by atoms with Gasteiger partial charge in [-0.15, -0.1) is 0 Å². The first-order chi connectivity index (χ1) is 27.6. The zero-order valence-corrected chi connectivity index (χ0v) is 38.1. The molecule has 0 heterocycles. The maximum Gasteiger partial charge on any atom is 0.0905 e. The second-order valence-corrected chi connectivity index (χ2v) is 17.0. The van der Waals surface area contributed by atoms with Gasteiger partial charge in [0, 0.05) is 0 Å². The van der Waals surface area contributed by atoms with E-state index in [1.807, 2.05) is 0 Å². The third-order valence-corrected chi connectivity index (χ3v) is 11.4. The van der Waals surface area contributed by atoms with E-state index in [4.69, 9.17) is 0 Å². The van der Waals surface area contributed by atoms with Gasteiger partial charge in [0.25, 0.3) is 0 Å². The van der Waals surface area contributed by atoms with E-state index in [9.17, 15) is 10.2 Å². The average Bonchev–Trinajstić information content (AvgIpc) is 3.20. The van der Waals surface area contributed by atoms with Gasteiger partial charge in [0.1, 0.15) is 0 Å². The minimum atomic E-state index is -0.919. The molecule has 0 radical (unpaired) electrons. The predicted molar refractivity (Wildman–Crippen MR) is 254 cm³/mol. The van der Waals surface area contributed by atoms with Crippen LogP contribution in [0, 0.1) is 0 Å². The van der Waals surface area contributed by atoms with Gasteiger partial charge in [0.05, 0.1) is 11.7 Å². The highest BCUT2D eigenvalue weighted by molar-refractivity contribution is 4.94. The van der Waals surface area contributed by atoms with Crippen LogP contribution in [0.5, 0.6) is 0 Å². The maximum atomic E-state index is 11.8. The maximum absolute atomic E-state index is 11.8. The number of hydrogen-bond acceptors (Lipinski definition) is 2. The summed E-state index contributed by atoms with van der Waals surface area (Å²) in [6.45, 7) is 6.78. The Morgan fingerprint density at radius 1 is 0.321 bits per heavy atom. The quantitative estimate of drug-likeness (QED) is 0.0478. The molecule has 0 aromatic carbocycles. The fourth-order valence-corrected chi connectivity index (χ4v) is 7.54. The number of rotatable bonds is 44. The topological polar surface area (TPSA) is 40.5 Å². The summed E-state index contributed by atoms with van der Waals surface area (Å²) in [6.07, 6.45) is 71.1. The molecule has 0 saturated heterocycles. The van der Waals surface area contributed by atoms with E-state index in [-0.39, 0.29) is 0 Å². The van der Waals surface area contributed by atoms with Crippen LogP contribution in [-0.2, 0) is 0 Å². The van der Waals surface area contributed by atoms with Crippen LogP contribution >= 0.6 is 0 Å². The minimum absolute atomic E-state index is 0.593. The van der Waals surface area contributed by atoms with Crippen molar-refractivity contribution >= 4 is 0 Å². The molecule has 0 fully saturated rings. The second-order valence-electron chi connectivity index (χ2n) is 17.0. The molecule has 0 rings (SSSR count). The molecule has 2 unspecified atom stereocenters. The first-order valence-electron chi connectivity index (χ1n) is 24.9. The lowest BCUT2D eigenvalue weighted by Crippen LogP contribution is -2.42. The van der Waals surface area contributed by atoms with Crippen molar-refractivity contribution in [3.63, 3.8) is 0 Å². The van der Waals surface area contributed by atoms with Crippen LogP contribution in [0.4, 0.5) is 0 Å². The summed E-state index contributed by atoms with van der Waals surface area (Å²) in [7, 11) is 0. The lowest BCUT2D eigenvalue weighted by atomic mass is 9.82. The van der Waals surface area contributed by atoms with Gasteiger partial charge in [-0.3, -0.25) is 0 Å². The highest BCUT2D eigenvalue weighted by atomic mass is 16.3. The third kappa shape index (κ3) is 40.6. The zero-order valence-electron chi connectivity index (χ0n) is 38.1. The molecule has 56 heavy (non-hydrogen) atoms. The molecule has 0 bridgehead atoms. The molecule has 2 nitrogen and oxygen atoms in total. The molecule has 0 aliphatic heterocycles. The van der Waals surface area contributed by atoms with Crippen LogP contribution in [0.1, 0.15) is 258 Å². The zero-order chi connectivity index (χ0) is 40.7. The van der Waals surface area contributed by atoms with Gasteiger partial charge in [-0.1, -0.05) is 216 Å². The summed E-state index contributed by atoms with van der Waals surface area (Å²) < 4.78 is 0. The third-order valence-electron chi connectivity index (χ3n) is 11.4. The average molecular weight is 779 g/mol. The summed E-state index contributed by atoms with van der Waals surface area (Å²) in [6, 6.07) is 0. The van der Waals surface area contributed by atoms with Gasteiger partial charge in [0.15, 0.2) is 0 Å². The van der Waals surface area contributed by atoms with Crippen LogP contribution < -0.4 is 0 Å². The molecule has 0 spiro atoms. The Kier molecular flexibility index (Phi) is 44.7. The number of aliphatic hydroxyl groups excluding tert-OH is 1. The van der Waals surface area contributed by atoms with Gasteiger partial charge < -0.3 is 10.2 Å². The fourth-order valence-electron chi connectivity index (χ4n) is 7.54. The Balaban J connectivity index is 4.40. The highest BCUT2D eigenvalue weighted by Gasteiger charge is 2.34. The lowest BCUT2D eigenvalue weighted by molar-refractivity contribution is -0.0919.